The molecule has 7 heteroatoms. The summed E-state index contributed by atoms with van der Waals surface area (Å²) in [5.41, 5.74) is -0.691. The number of carboxylic acid groups (broad SMARTS) is 1. The van der Waals surface area contributed by atoms with Crippen LogP contribution in [0.1, 0.15) is 40.5 Å². The number of ketones is 1. The predicted molar refractivity (Wildman–Crippen MR) is 70.0 cm³/mol. The van der Waals surface area contributed by atoms with Crippen LogP contribution in [0.4, 0.5) is 0 Å². The third-order valence-corrected chi connectivity index (χ3v) is 2.06. The molecule has 1 N–H and O–H groups in total. The second-order valence-corrected chi connectivity index (χ2v) is 5.43. The molecule has 20 heavy (non-hydrogen) atoms. The number of carboxylic acids is 1. The lowest BCUT2D eigenvalue weighted by molar-refractivity contribution is -0.159. The molecule has 0 aliphatic carbocycles. The molecule has 0 spiro atoms. The standard InChI is InChI=1S/C13H21NO6/c1-9(15)7-14(10(16)5-6-11(17)18)8-12(19)20-13(2,3)4/h5-8H2,1-4H3,(H,17,18). The number of nitrogens with zero attached hydrogens (tertiary/aromatic N) is 1. The van der Waals surface area contributed by atoms with Crippen LogP contribution in [0.3, 0.4) is 0 Å². The van der Waals surface area contributed by atoms with E-state index in [0.717, 1.165) is 4.90 Å². The van der Waals surface area contributed by atoms with E-state index in [1.807, 2.05) is 0 Å². The van der Waals surface area contributed by atoms with Crippen LogP contribution in [-0.4, -0.2) is 52.3 Å². The average molecular weight is 287 g/mol. The molecule has 0 unspecified atom stereocenters. The van der Waals surface area contributed by atoms with Crippen molar-refractivity contribution in [3.05, 3.63) is 0 Å². The van der Waals surface area contributed by atoms with Gasteiger partial charge in [-0.1, -0.05) is 0 Å². The van der Waals surface area contributed by atoms with Crippen LogP contribution in [0.15, 0.2) is 0 Å². The number of rotatable bonds is 7. The number of esters is 1. The Morgan fingerprint density at radius 2 is 1.60 bits per heavy atom. The maximum atomic E-state index is 11.8. The van der Waals surface area contributed by atoms with Gasteiger partial charge in [-0.15, -0.1) is 0 Å². The zero-order valence-corrected chi connectivity index (χ0v) is 12.3. The normalized spacial score (nSPS) is 10.8. The van der Waals surface area contributed by atoms with Gasteiger partial charge < -0.3 is 14.7 Å². The number of carbonyl (C=O) groups is 4. The number of hydrogen-bond acceptors (Lipinski definition) is 5. The molecule has 0 aromatic rings. The molecule has 0 rings (SSSR count). The summed E-state index contributed by atoms with van der Waals surface area (Å²) in [6.07, 6.45) is -0.604. The summed E-state index contributed by atoms with van der Waals surface area (Å²) in [6.45, 7) is 5.74. The second-order valence-electron chi connectivity index (χ2n) is 5.43. The highest BCUT2D eigenvalue weighted by Gasteiger charge is 2.23. The van der Waals surface area contributed by atoms with Crippen molar-refractivity contribution in [1.29, 1.82) is 0 Å². The quantitative estimate of drug-likeness (QED) is 0.688. The van der Waals surface area contributed by atoms with Crippen molar-refractivity contribution < 1.29 is 29.0 Å². The van der Waals surface area contributed by atoms with E-state index in [1.54, 1.807) is 20.8 Å². The Bertz CT molecular complexity index is 396. The Labute approximate surface area is 117 Å². The topological polar surface area (TPSA) is 101 Å². The number of ether oxygens (including phenoxy) is 1. The van der Waals surface area contributed by atoms with E-state index >= 15 is 0 Å². The molecule has 0 aromatic carbocycles. The monoisotopic (exact) mass is 287 g/mol. The molecule has 0 heterocycles. The van der Waals surface area contributed by atoms with Crippen molar-refractivity contribution >= 4 is 23.6 Å². The van der Waals surface area contributed by atoms with Gasteiger partial charge in [-0.2, -0.15) is 0 Å². The molecule has 0 fully saturated rings. The van der Waals surface area contributed by atoms with Crippen LogP contribution in [0, 0.1) is 0 Å². The molecule has 7 nitrogen and oxygen atoms in total. The highest BCUT2D eigenvalue weighted by atomic mass is 16.6. The smallest absolute Gasteiger partial charge is 0.326 e. The fourth-order valence-corrected chi connectivity index (χ4v) is 1.40. The minimum absolute atomic E-state index is 0.238. The Balaban J connectivity index is 4.63. The molecule has 0 aliphatic heterocycles. The van der Waals surface area contributed by atoms with E-state index in [4.69, 9.17) is 9.84 Å². The van der Waals surface area contributed by atoms with Crippen molar-refractivity contribution in [1.82, 2.24) is 4.90 Å². The minimum Gasteiger partial charge on any atom is -0.481 e. The van der Waals surface area contributed by atoms with Crippen LogP contribution in [0.25, 0.3) is 0 Å². The fourth-order valence-electron chi connectivity index (χ4n) is 1.40. The fraction of sp³-hybridized carbons (Fsp3) is 0.692. The first-order valence-electron chi connectivity index (χ1n) is 6.22. The number of hydrogen-bond donors (Lipinski definition) is 1. The highest BCUT2D eigenvalue weighted by molar-refractivity contribution is 5.88. The van der Waals surface area contributed by atoms with Gasteiger partial charge in [0.05, 0.1) is 13.0 Å². The molecule has 0 aromatic heterocycles. The van der Waals surface area contributed by atoms with Gasteiger partial charge in [0.1, 0.15) is 17.9 Å². The van der Waals surface area contributed by atoms with Crippen LogP contribution >= 0.6 is 0 Å². The largest absolute Gasteiger partial charge is 0.481 e. The SMILES string of the molecule is CC(=O)CN(CC(=O)OC(C)(C)C)C(=O)CCC(=O)O. The summed E-state index contributed by atoms with van der Waals surface area (Å²) in [6, 6.07) is 0. The molecule has 0 radical (unpaired) electrons. The number of aliphatic carboxylic acids is 1. The first-order valence-corrected chi connectivity index (χ1v) is 6.22. The van der Waals surface area contributed by atoms with Crippen molar-refractivity contribution in [2.75, 3.05) is 13.1 Å². The van der Waals surface area contributed by atoms with Gasteiger partial charge in [0.15, 0.2) is 0 Å². The van der Waals surface area contributed by atoms with Crippen LogP contribution < -0.4 is 0 Å². The van der Waals surface area contributed by atoms with Crippen LogP contribution in [-0.2, 0) is 23.9 Å². The highest BCUT2D eigenvalue weighted by Crippen LogP contribution is 2.08. The molecular weight excluding hydrogens is 266 g/mol. The summed E-state index contributed by atoms with van der Waals surface area (Å²) in [5.74, 6) is -2.61. The van der Waals surface area contributed by atoms with Crippen molar-refractivity contribution in [3.63, 3.8) is 0 Å². The Morgan fingerprint density at radius 1 is 1.05 bits per heavy atom. The van der Waals surface area contributed by atoms with E-state index in [-0.39, 0.29) is 31.7 Å². The zero-order chi connectivity index (χ0) is 15.9. The molecule has 114 valence electrons. The maximum absolute atomic E-state index is 11.8. The predicted octanol–water partition coefficient (Wildman–Crippen LogP) is 0.610. The molecule has 1 amide bonds. The van der Waals surface area contributed by atoms with Gasteiger partial charge in [0.25, 0.3) is 0 Å². The number of Topliss-reactive ketones (excluding diaryl/α,β-unsaturated/α-hetero) is 1. The third-order valence-electron chi connectivity index (χ3n) is 2.06. The van der Waals surface area contributed by atoms with Crippen molar-refractivity contribution in [2.45, 2.75) is 46.1 Å². The molecule has 0 saturated heterocycles. The van der Waals surface area contributed by atoms with Gasteiger partial charge >= 0.3 is 11.9 Å². The second kappa shape index (κ2) is 7.62. The number of amides is 1. The Kier molecular flexibility index (Phi) is 6.89. The van der Waals surface area contributed by atoms with Crippen molar-refractivity contribution in [3.8, 4) is 0 Å². The molecule has 0 aliphatic rings. The zero-order valence-electron chi connectivity index (χ0n) is 12.3. The van der Waals surface area contributed by atoms with Gasteiger partial charge in [-0.05, 0) is 27.7 Å². The summed E-state index contributed by atoms with van der Waals surface area (Å²) in [4.78, 5) is 46.0. The molecule has 0 saturated carbocycles. The van der Waals surface area contributed by atoms with Crippen LogP contribution in [0.2, 0.25) is 0 Å². The van der Waals surface area contributed by atoms with Gasteiger partial charge in [-0.25, -0.2) is 0 Å². The summed E-state index contributed by atoms with van der Waals surface area (Å²) in [7, 11) is 0. The number of carbonyl (C=O) groups excluding carboxylic acids is 3. The van der Waals surface area contributed by atoms with Gasteiger partial charge in [-0.3, -0.25) is 19.2 Å². The third kappa shape index (κ3) is 9.07. The van der Waals surface area contributed by atoms with Gasteiger partial charge in [0.2, 0.25) is 5.91 Å². The maximum Gasteiger partial charge on any atom is 0.326 e. The van der Waals surface area contributed by atoms with Gasteiger partial charge in [0, 0.05) is 6.42 Å². The summed E-state index contributed by atoms with van der Waals surface area (Å²) < 4.78 is 5.07. The Hall–Kier alpha value is -1.92. The lowest BCUT2D eigenvalue weighted by Crippen LogP contribution is -2.41. The first-order chi connectivity index (χ1) is 9.01. The van der Waals surface area contributed by atoms with E-state index in [2.05, 4.69) is 0 Å². The van der Waals surface area contributed by atoms with Crippen LogP contribution in [0.5, 0.6) is 0 Å². The van der Waals surface area contributed by atoms with E-state index in [9.17, 15) is 19.2 Å². The Morgan fingerprint density at radius 3 is 2.00 bits per heavy atom. The van der Waals surface area contributed by atoms with E-state index in [0.29, 0.717) is 0 Å². The first kappa shape index (κ1) is 18.1. The minimum atomic E-state index is -1.11. The molecule has 0 bridgehead atoms. The van der Waals surface area contributed by atoms with E-state index in [1.165, 1.54) is 6.92 Å². The molecular formula is C13H21NO6. The summed E-state index contributed by atoms with van der Waals surface area (Å²) >= 11 is 0. The average Bonchev–Trinajstić information content (AvgIpc) is 2.21. The van der Waals surface area contributed by atoms with E-state index < -0.39 is 23.4 Å². The molecule has 0 atom stereocenters. The lowest BCUT2D eigenvalue weighted by Gasteiger charge is -2.24. The summed E-state index contributed by atoms with van der Waals surface area (Å²) in [5, 5.41) is 8.53. The lowest BCUT2D eigenvalue weighted by atomic mass is 10.2. The van der Waals surface area contributed by atoms with Crippen molar-refractivity contribution in [2.24, 2.45) is 0 Å².